The van der Waals surface area contributed by atoms with Crippen LogP contribution in [0.1, 0.15) is 40.2 Å². The van der Waals surface area contributed by atoms with Crippen molar-refractivity contribution in [2.45, 2.75) is 46.7 Å². The minimum absolute atomic E-state index is 0.142. The molecule has 1 aromatic carbocycles. The van der Waals surface area contributed by atoms with Crippen molar-refractivity contribution < 1.29 is 9.47 Å². The SMILES string of the molecule is CC(C)COCCOc1ccc(CNC(C)(C)C)cc1. The molecule has 1 N–H and O–H groups in total. The number of benzene rings is 1. The number of hydrogen-bond donors (Lipinski definition) is 1. The molecular weight excluding hydrogens is 250 g/mol. The number of rotatable bonds is 8. The fraction of sp³-hybridized carbons (Fsp3) is 0.647. The van der Waals surface area contributed by atoms with E-state index in [1.54, 1.807) is 0 Å². The second kappa shape index (κ2) is 8.28. The smallest absolute Gasteiger partial charge is 0.119 e. The van der Waals surface area contributed by atoms with Crippen LogP contribution < -0.4 is 10.1 Å². The van der Waals surface area contributed by atoms with Crippen LogP contribution in [0.15, 0.2) is 24.3 Å². The zero-order valence-electron chi connectivity index (χ0n) is 13.5. The summed E-state index contributed by atoms with van der Waals surface area (Å²) in [5, 5.41) is 3.47. The highest BCUT2D eigenvalue weighted by Gasteiger charge is 2.08. The lowest BCUT2D eigenvalue weighted by Crippen LogP contribution is -2.35. The van der Waals surface area contributed by atoms with Crippen molar-refractivity contribution in [1.29, 1.82) is 0 Å². The molecule has 0 atom stereocenters. The van der Waals surface area contributed by atoms with Crippen LogP contribution in [0.2, 0.25) is 0 Å². The molecule has 0 aliphatic carbocycles. The van der Waals surface area contributed by atoms with Gasteiger partial charge < -0.3 is 14.8 Å². The van der Waals surface area contributed by atoms with Gasteiger partial charge in [-0.2, -0.15) is 0 Å². The second-order valence-corrected chi connectivity index (χ2v) is 6.56. The fourth-order valence-electron chi connectivity index (χ4n) is 1.61. The van der Waals surface area contributed by atoms with Crippen LogP contribution in [0, 0.1) is 5.92 Å². The zero-order valence-corrected chi connectivity index (χ0v) is 13.5. The van der Waals surface area contributed by atoms with E-state index in [-0.39, 0.29) is 5.54 Å². The molecule has 0 heterocycles. The van der Waals surface area contributed by atoms with Gasteiger partial charge >= 0.3 is 0 Å². The Morgan fingerprint density at radius 1 is 1.05 bits per heavy atom. The predicted molar refractivity (Wildman–Crippen MR) is 84.2 cm³/mol. The molecular formula is C17H29NO2. The molecule has 20 heavy (non-hydrogen) atoms. The molecule has 0 amide bonds. The van der Waals surface area contributed by atoms with Gasteiger partial charge in [-0.3, -0.25) is 0 Å². The van der Waals surface area contributed by atoms with Gasteiger partial charge in [-0.05, 0) is 44.4 Å². The maximum atomic E-state index is 5.64. The lowest BCUT2D eigenvalue weighted by molar-refractivity contribution is 0.0819. The van der Waals surface area contributed by atoms with E-state index < -0.39 is 0 Å². The highest BCUT2D eigenvalue weighted by atomic mass is 16.5. The quantitative estimate of drug-likeness (QED) is 0.737. The average Bonchev–Trinajstić information content (AvgIpc) is 2.36. The van der Waals surface area contributed by atoms with Crippen LogP contribution in [-0.2, 0) is 11.3 Å². The molecule has 0 saturated heterocycles. The van der Waals surface area contributed by atoms with Crippen molar-refractivity contribution in [2.24, 2.45) is 5.92 Å². The first-order chi connectivity index (χ1) is 9.37. The maximum Gasteiger partial charge on any atom is 0.119 e. The summed E-state index contributed by atoms with van der Waals surface area (Å²) in [6.45, 7) is 13.7. The standard InChI is InChI=1S/C17H29NO2/c1-14(2)13-19-10-11-20-16-8-6-15(7-9-16)12-18-17(3,4)5/h6-9,14,18H,10-13H2,1-5H3. The van der Waals surface area contributed by atoms with E-state index in [1.807, 2.05) is 12.1 Å². The number of hydrogen-bond acceptors (Lipinski definition) is 3. The fourth-order valence-corrected chi connectivity index (χ4v) is 1.61. The summed E-state index contributed by atoms with van der Waals surface area (Å²) < 4.78 is 11.1. The number of ether oxygens (including phenoxy) is 2. The zero-order chi connectivity index (χ0) is 15.0. The average molecular weight is 279 g/mol. The molecule has 1 aromatic rings. The van der Waals surface area contributed by atoms with Crippen molar-refractivity contribution in [3.05, 3.63) is 29.8 Å². The Morgan fingerprint density at radius 2 is 1.70 bits per heavy atom. The molecule has 3 nitrogen and oxygen atoms in total. The Balaban J connectivity index is 2.25. The van der Waals surface area contributed by atoms with Gasteiger partial charge in [-0.15, -0.1) is 0 Å². The second-order valence-electron chi connectivity index (χ2n) is 6.56. The summed E-state index contributed by atoms with van der Waals surface area (Å²) in [5.74, 6) is 1.47. The molecule has 0 spiro atoms. The molecule has 0 bridgehead atoms. The van der Waals surface area contributed by atoms with Crippen LogP contribution in [0.25, 0.3) is 0 Å². The third-order valence-corrected chi connectivity index (χ3v) is 2.69. The van der Waals surface area contributed by atoms with Crippen molar-refractivity contribution in [2.75, 3.05) is 19.8 Å². The topological polar surface area (TPSA) is 30.5 Å². The van der Waals surface area contributed by atoms with E-state index in [0.717, 1.165) is 18.9 Å². The van der Waals surface area contributed by atoms with Gasteiger partial charge in [0.2, 0.25) is 0 Å². The Hall–Kier alpha value is -1.06. The van der Waals surface area contributed by atoms with Gasteiger partial charge in [0.25, 0.3) is 0 Å². The summed E-state index contributed by atoms with van der Waals surface area (Å²) in [4.78, 5) is 0. The lowest BCUT2D eigenvalue weighted by Gasteiger charge is -2.20. The van der Waals surface area contributed by atoms with Crippen LogP contribution >= 0.6 is 0 Å². The van der Waals surface area contributed by atoms with Gasteiger partial charge in [0.15, 0.2) is 0 Å². The molecule has 0 aliphatic rings. The van der Waals surface area contributed by atoms with Crippen LogP contribution in [0.3, 0.4) is 0 Å². The van der Waals surface area contributed by atoms with Crippen molar-refractivity contribution in [1.82, 2.24) is 5.32 Å². The summed E-state index contributed by atoms with van der Waals surface area (Å²) >= 11 is 0. The highest BCUT2D eigenvalue weighted by molar-refractivity contribution is 5.27. The normalized spacial score (nSPS) is 11.9. The lowest BCUT2D eigenvalue weighted by atomic mass is 10.1. The Kier molecular flexibility index (Phi) is 7.03. The van der Waals surface area contributed by atoms with E-state index >= 15 is 0 Å². The van der Waals surface area contributed by atoms with E-state index in [1.165, 1.54) is 5.56 Å². The van der Waals surface area contributed by atoms with Crippen LogP contribution in [0.4, 0.5) is 0 Å². The van der Waals surface area contributed by atoms with Gasteiger partial charge in [0.05, 0.1) is 6.61 Å². The maximum absolute atomic E-state index is 5.64. The van der Waals surface area contributed by atoms with E-state index in [9.17, 15) is 0 Å². The predicted octanol–water partition coefficient (Wildman–Crippen LogP) is 3.63. The Labute approximate surface area is 123 Å². The Bertz CT molecular complexity index is 366. The molecule has 1 rings (SSSR count). The van der Waals surface area contributed by atoms with Gasteiger partial charge in [-0.1, -0.05) is 26.0 Å². The first-order valence-electron chi connectivity index (χ1n) is 7.41. The minimum atomic E-state index is 0.142. The van der Waals surface area contributed by atoms with Crippen molar-refractivity contribution in [3.8, 4) is 5.75 Å². The molecule has 0 aromatic heterocycles. The molecule has 0 aliphatic heterocycles. The van der Waals surface area contributed by atoms with E-state index in [2.05, 4.69) is 52.1 Å². The monoisotopic (exact) mass is 279 g/mol. The first kappa shape index (κ1) is 17.0. The molecule has 0 radical (unpaired) electrons. The minimum Gasteiger partial charge on any atom is -0.491 e. The third kappa shape index (κ3) is 8.18. The first-order valence-corrected chi connectivity index (χ1v) is 7.41. The van der Waals surface area contributed by atoms with Crippen LogP contribution in [0.5, 0.6) is 5.75 Å². The molecule has 0 fully saturated rings. The number of nitrogens with one attached hydrogen (secondary N) is 1. The molecule has 114 valence electrons. The van der Waals surface area contributed by atoms with Gasteiger partial charge in [0, 0.05) is 18.7 Å². The third-order valence-electron chi connectivity index (χ3n) is 2.69. The van der Waals surface area contributed by atoms with Crippen molar-refractivity contribution in [3.63, 3.8) is 0 Å². The molecule has 0 unspecified atom stereocenters. The molecule has 3 heteroatoms. The molecule has 0 saturated carbocycles. The highest BCUT2D eigenvalue weighted by Crippen LogP contribution is 2.13. The van der Waals surface area contributed by atoms with E-state index in [4.69, 9.17) is 9.47 Å². The summed E-state index contributed by atoms with van der Waals surface area (Å²) in [6.07, 6.45) is 0. The largest absolute Gasteiger partial charge is 0.491 e. The summed E-state index contributed by atoms with van der Waals surface area (Å²) in [6, 6.07) is 8.23. The van der Waals surface area contributed by atoms with Crippen LogP contribution in [-0.4, -0.2) is 25.4 Å². The van der Waals surface area contributed by atoms with Gasteiger partial charge in [-0.25, -0.2) is 0 Å². The summed E-state index contributed by atoms with van der Waals surface area (Å²) in [5.41, 5.74) is 1.41. The Morgan fingerprint density at radius 3 is 2.25 bits per heavy atom. The summed E-state index contributed by atoms with van der Waals surface area (Å²) in [7, 11) is 0. The van der Waals surface area contributed by atoms with E-state index in [0.29, 0.717) is 19.1 Å². The van der Waals surface area contributed by atoms with Crippen molar-refractivity contribution >= 4 is 0 Å². The van der Waals surface area contributed by atoms with Gasteiger partial charge in [0.1, 0.15) is 12.4 Å².